The number of unbranched alkanes of at least 4 members (excludes halogenated alkanes) is 8. The van der Waals surface area contributed by atoms with E-state index in [-0.39, 0.29) is 5.92 Å². The van der Waals surface area contributed by atoms with Crippen LogP contribution in [0.3, 0.4) is 0 Å². The molecular weight excluding hydrogens is 412 g/mol. The van der Waals surface area contributed by atoms with Crippen molar-refractivity contribution in [1.29, 1.82) is 0 Å². The quantitative estimate of drug-likeness (QED) is 0.127. The van der Waals surface area contributed by atoms with Crippen molar-refractivity contribution in [2.45, 2.75) is 123 Å². The van der Waals surface area contributed by atoms with E-state index in [9.17, 15) is 0 Å². The molecule has 1 aromatic carbocycles. The molecule has 0 aliphatic heterocycles. The van der Waals surface area contributed by atoms with E-state index in [1.165, 1.54) is 37.7 Å². The molecule has 0 aromatic heterocycles. The average molecular weight is 465 g/mol. The first-order chi connectivity index (χ1) is 16.2. The second-order valence-corrected chi connectivity index (χ2v) is 9.09. The van der Waals surface area contributed by atoms with Crippen LogP contribution < -0.4 is 4.74 Å². The molecule has 0 N–H and O–H groups in total. The van der Waals surface area contributed by atoms with Crippen molar-refractivity contribution in [3.8, 4) is 5.75 Å². The van der Waals surface area contributed by atoms with Gasteiger partial charge in [0.15, 0.2) is 0 Å². The van der Waals surface area contributed by atoms with Crippen molar-refractivity contribution in [1.82, 2.24) is 0 Å². The van der Waals surface area contributed by atoms with E-state index in [4.69, 9.17) is 18.9 Å². The van der Waals surface area contributed by atoms with E-state index in [2.05, 4.69) is 39.8 Å². The van der Waals surface area contributed by atoms with Crippen molar-refractivity contribution in [2.24, 2.45) is 0 Å². The van der Waals surface area contributed by atoms with Gasteiger partial charge in [-0.3, -0.25) is 0 Å². The van der Waals surface area contributed by atoms with Crippen molar-refractivity contribution < 1.29 is 18.9 Å². The Bertz CT molecular complexity index is 531. The summed E-state index contributed by atoms with van der Waals surface area (Å²) in [5.41, 5.74) is 1.20. The minimum absolute atomic E-state index is 0.0279. The van der Waals surface area contributed by atoms with Crippen LogP contribution in [0.4, 0.5) is 0 Å². The van der Waals surface area contributed by atoms with Gasteiger partial charge in [0.25, 0.3) is 5.97 Å². The lowest BCUT2D eigenvalue weighted by Crippen LogP contribution is -2.46. The maximum atomic E-state index is 6.56. The predicted molar refractivity (Wildman–Crippen MR) is 139 cm³/mol. The molecule has 0 aliphatic rings. The summed E-state index contributed by atoms with van der Waals surface area (Å²) in [7, 11) is 1.71. The lowest BCUT2D eigenvalue weighted by Gasteiger charge is -2.40. The molecule has 4 heteroatoms. The number of rotatable bonds is 22. The Labute approximate surface area is 204 Å². The molecule has 0 heterocycles. The van der Waals surface area contributed by atoms with E-state index in [1.807, 2.05) is 12.1 Å². The first-order valence-electron chi connectivity index (χ1n) is 13.7. The summed E-state index contributed by atoms with van der Waals surface area (Å²) >= 11 is 0. The molecule has 0 fully saturated rings. The lowest BCUT2D eigenvalue weighted by atomic mass is 9.90. The van der Waals surface area contributed by atoms with Gasteiger partial charge in [-0.2, -0.15) is 0 Å². The van der Waals surface area contributed by atoms with Crippen molar-refractivity contribution >= 4 is 0 Å². The molecule has 4 nitrogen and oxygen atoms in total. The van der Waals surface area contributed by atoms with Gasteiger partial charge in [-0.1, -0.05) is 97.6 Å². The van der Waals surface area contributed by atoms with Crippen molar-refractivity contribution in [3.63, 3.8) is 0 Å². The highest BCUT2D eigenvalue weighted by Crippen LogP contribution is 2.39. The molecule has 0 bridgehead atoms. The second-order valence-electron chi connectivity index (χ2n) is 9.09. The summed E-state index contributed by atoms with van der Waals surface area (Å²) in [6.07, 6.45) is 14.9. The van der Waals surface area contributed by atoms with Crippen LogP contribution in [0.15, 0.2) is 24.3 Å². The third-order valence-corrected chi connectivity index (χ3v) is 6.19. The zero-order valence-electron chi connectivity index (χ0n) is 22.3. The molecular formula is C29H52O4. The van der Waals surface area contributed by atoms with Gasteiger partial charge >= 0.3 is 0 Å². The summed E-state index contributed by atoms with van der Waals surface area (Å²) in [6, 6.07) is 8.40. The first-order valence-corrected chi connectivity index (χ1v) is 13.7. The third kappa shape index (κ3) is 11.7. The van der Waals surface area contributed by atoms with Crippen molar-refractivity contribution in [3.05, 3.63) is 29.8 Å². The van der Waals surface area contributed by atoms with E-state index in [1.54, 1.807) is 7.11 Å². The highest BCUT2D eigenvalue weighted by Gasteiger charge is 2.43. The number of methoxy groups -OCH3 is 1. The highest BCUT2D eigenvalue weighted by molar-refractivity contribution is 5.30. The maximum Gasteiger partial charge on any atom is 0.290 e. The van der Waals surface area contributed by atoms with E-state index in [0.29, 0.717) is 19.8 Å². The maximum absolute atomic E-state index is 6.56. The Hall–Kier alpha value is -1.10. The van der Waals surface area contributed by atoms with Crippen LogP contribution >= 0.6 is 0 Å². The molecule has 1 aromatic rings. The number of hydrogen-bond acceptors (Lipinski definition) is 4. The Morgan fingerprint density at radius 3 is 1.52 bits per heavy atom. The standard InChI is InChI=1S/C29H52O4/c1-6-10-14-15-16-17-18-28(26-19-21-27(30-5)22-20-26)29(31-23-11-7-2,32-24-12-8-3)33-25-13-9-4/h19-22,28H,6-18,23-25H2,1-5H3. The van der Waals surface area contributed by atoms with Crippen LogP contribution in [0.1, 0.15) is 123 Å². The van der Waals surface area contributed by atoms with Gasteiger partial charge in [-0.05, 0) is 43.4 Å². The molecule has 192 valence electrons. The van der Waals surface area contributed by atoms with Gasteiger partial charge in [-0.25, -0.2) is 0 Å². The summed E-state index contributed by atoms with van der Waals surface area (Å²) in [5.74, 6) is -0.133. The van der Waals surface area contributed by atoms with E-state index < -0.39 is 5.97 Å². The zero-order chi connectivity index (χ0) is 24.2. The van der Waals surface area contributed by atoms with Crippen LogP contribution in [0.25, 0.3) is 0 Å². The fourth-order valence-electron chi connectivity index (χ4n) is 4.02. The second kappa shape index (κ2) is 19.2. The molecule has 0 saturated carbocycles. The minimum atomic E-state index is -1.03. The van der Waals surface area contributed by atoms with Gasteiger partial charge in [0.2, 0.25) is 0 Å². The number of hydrogen-bond donors (Lipinski definition) is 0. The molecule has 1 rings (SSSR count). The van der Waals surface area contributed by atoms with Crippen LogP contribution in [0.5, 0.6) is 5.75 Å². The van der Waals surface area contributed by atoms with Gasteiger partial charge < -0.3 is 18.9 Å². The van der Waals surface area contributed by atoms with Gasteiger partial charge in [0.1, 0.15) is 5.75 Å². The van der Waals surface area contributed by atoms with Crippen LogP contribution in [0.2, 0.25) is 0 Å². The summed E-state index contributed by atoms with van der Waals surface area (Å²) < 4.78 is 25.1. The first kappa shape index (κ1) is 29.9. The minimum Gasteiger partial charge on any atom is -0.497 e. The normalized spacial score (nSPS) is 12.8. The fourth-order valence-corrected chi connectivity index (χ4v) is 4.02. The number of ether oxygens (including phenoxy) is 4. The summed E-state index contributed by atoms with van der Waals surface area (Å²) in [4.78, 5) is 0. The zero-order valence-corrected chi connectivity index (χ0v) is 22.3. The SMILES string of the molecule is CCCCCCCCC(c1ccc(OC)cc1)C(OCCCC)(OCCCC)OCCCC. The molecule has 1 unspecified atom stereocenters. The van der Waals surface area contributed by atoms with Crippen molar-refractivity contribution in [2.75, 3.05) is 26.9 Å². The molecule has 0 radical (unpaired) electrons. The van der Waals surface area contributed by atoms with Crippen LogP contribution in [-0.4, -0.2) is 32.9 Å². The Balaban J connectivity index is 3.18. The third-order valence-electron chi connectivity index (χ3n) is 6.19. The Morgan fingerprint density at radius 1 is 0.606 bits per heavy atom. The molecule has 0 amide bonds. The average Bonchev–Trinajstić information content (AvgIpc) is 2.84. The molecule has 0 spiro atoms. The van der Waals surface area contributed by atoms with Gasteiger partial charge in [0, 0.05) is 0 Å². The Kier molecular flexibility index (Phi) is 17.4. The smallest absolute Gasteiger partial charge is 0.290 e. The largest absolute Gasteiger partial charge is 0.497 e. The van der Waals surface area contributed by atoms with Gasteiger partial charge in [0.05, 0.1) is 32.8 Å². The molecule has 0 saturated heterocycles. The van der Waals surface area contributed by atoms with Crippen LogP contribution in [-0.2, 0) is 14.2 Å². The monoisotopic (exact) mass is 464 g/mol. The highest BCUT2D eigenvalue weighted by atomic mass is 16.9. The lowest BCUT2D eigenvalue weighted by molar-refractivity contribution is -0.393. The topological polar surface area (TPSA) is 36.9 Å². The number of benzene rings is 1. The molecule has 0 aliphatic carbocycles. The molecule has 33 heavy (non-hydrogen) atoms. The van der Waals surface area contributed by atoms with Gasteiger partial charge in [-0.15, -0.1) is 0 Å². The van der Waals surface area contributed by atoms with Crippen LogP contribution in [0, 0.1) is 0 Å². The summed E-state index contributed by atoms with van der Waals surface area (Å²) in [6.45, 7) is 10.8. The molecule has 1 atom stereocenters. The fraction of sp³-hybridized carbons (Fsp3) is 0.793. The Morgan fingerprint density at radius 2 is 1.06 bits per heavy atom. The van der Waals surface area contributed by atoms with E-state index in [0.717, 1.165) is 57.1 Å². The summed E-state index contributed by atoms with van der Waals surface area (Å²) in [5, 5.41) is 0. The predicted octanol–water partition coefficient (Wildman–Crippen LogP) is 8.63. The van der Waals surface area contributed by atoms with E-state index >= 15 is 0 Å².